The quantitative estimate of drug-likeness (QED) is 0.586. The van der Waals surface area contributed by atoms with Crippen molar-refractivity contribution in [2.75, 3.05) is 11.4 Å². The number of rotatable bonds is 1. The van der Waals surface area contributed by atoms with E-state index < -0.39 is 6.35 Å². The molecule has 64 valence electrons. The van der Waals surface area contributed by atoms with Crippen LogP contribution in [0.1, 0.15) is 5.56 Å². The molecule has 3 heteroatoms. The number of para-hydroxylation sites is 1. The summed E-state index contributed by atoms with van der Waals surface area (Å²) < 4.78 is 0. The van der Waals surface area contributed by atoms with Gasteiger partial charge in [0.25, 0.3) is 0 Å². The first-order valence-corrected chi connectivity index (χ1v) is 4.07. The highest BCUT2D eigenvalue weighted by molar-refractivity contribution is 5.57. The molecule has 0 saturated heterocycles. The van der Waals surface area contributed by atoms with E-state index in [1.165, 1.54) is 5.56 Å². The Morgan fingerprint density at radius 2 is 2.17 bits per heavy atom. The lowest BCUT2D eigenvalue weighted by Gasteiger charge is -2.21. The molecule has 3 N–H and O–H groups in total. The lowest BCUT2D eigenvalue weighted by Crippen LogP contribution is -2.40. The molecule has 0 aliphatic carbocycles. The molecule has 1 heterocycles. The summed E-state index contributed by atoms with van der Waals surface area (Å²) in [6.45, 7) is 0.816. The topological polar surface area (TPSA) is 49.5 Å². The maximum Gasteiger partial charge on any atom is 0.181 e. The molecule has 0 amide bonds. The molecule has 2 rings (SSSR count). The van der Waals surface area contributed by atoms with E-state index in [4.69, 9.17) is 5.73 Å². The van der Waals surface area contributed by atoms with Gasteiger partial charge in [-0.3, -0.25) is 5.73 Å². The smallest absolute Gasteiger partial charge is 0.181 e. The number of hydrogen-bond acceptors (Lipinski definition) is 3. The van der Waals surface area contributed by atoms with Crippen molar-refractivity contribution in [3.63, 3.8) is 0 Å². The van der Waals surface area contributed by atoms with Crippen molar-refractivity contribution in [3.05, 3.63) is 29.8 Å². The van der Waals surface area contributed by atoms with Gasteiger partial charge in [-0.05, 0) is 18.1 Å². The summed E-state index contributed by atoms with van der Waals surface area (Å²) in [5.41, 5.74) is 7.72. The van der Waals surface area contributed by atoms with Gasteiger partial charge in [0.1, 0.15) is 0 Å². The molecule has 12 heavy (non-hydrogen) atoms. The predicted octanol–water partition coefficient (Wildman–Crippen LogP) is 0.284. The summed E-state index contributed by atoms with van der Waals surface area (Å²) in [7, 11) is 0. The fourth-order valence-electron chi connectivity index (χ4n) is 1.64. The van der Waals surface area contributed by atoms with E-state index in [0.717, 1.165) is 18.7 Å². The first-order valence-electron chi connectivity index (χ1n) is 4.07. The molecule has 1 aromatic carbocycles. The Kier molecular flexibility index (Phi) is 1.75. The van der Waals surface area contributed by atoms with Crippen molar-refractivity contribution in [2.24, 2.45) is 5.73 Å². The molecule has 0 saturated carbocycles. The Hall–Kier alpha value is -1.06. The van der Waals surface area contributed by atoms with Gasteiger partial charge in [0.2, 0.25) is 0 Å². The van der Waals surface area contributed by atoms with Gasteiger partial charge in [-0.2, -0.15) is 0 Å². The minimum absolute atomic E-state index is 0.816. The zero-order valence-corrected chi connectivity index (χ0v) is 6.77. The molecule has 1 unspecified atom stereocenters. The van der Waals surface area contributed by atoms with Crippen molar-refractivity contribution in [1.82, 2.24) is 0 Å². The number of nitrogens with zero attached hydrogens (tertiary/aromatic N) is 1. The summed E-state index contributed by atoms with van der Waals surface area (Å²) in [4.78, 5) is 1.80. The molecule has 0 spiro atoms. The van der Waals surface area contributed by atoms with Crippen molar-refractivity contribution < 1.29 is 5.11 Å². The maximum absolute atomic E-state index is 9.20. The number of fused-ring (bicyclic) bond motifs is 1. The summed E-state index contributed by atoms with van der Waals surface area (Å²) in [6, 6.07) is 8.01. The molecule has 1 atom stereocenters. The average molecular weight is 164 g/mol. The van der Waals surface area contributed by atoms with Gasteiger partial charge in [-0.15, -0.1) is 0 Å². The predicted molar refractivity (Wildman–Crippen MR) is 47.7 cm³/mol. The van der Waals surface area contributed by atoms with E-state index in [2.05, 4.69) is 6.07 Å². The van der Waals surface area contributed by atoms with E-state index in [9.17, 15) is 5.11 Å². The Morgan fingerprint density at radius 1 is 1.42 bits per heavy atom. The molecular formula is C9H12N2O. The second kappa shape index (κ2) is 2.77. The zero-order valence-electron chi connectivity index (χ0n) is 6.77. The summed E-state index contributed by atoms with van der Waals surface area (Å²) in [6.07, 6.45) is 0.110. The van der Waals surface area contributed by atoms with Crippen LogP contribution in [-0.2, 0) is 6.42 Å². The summed E-state index contributed by atoms with van der Waals surface area (Å²) >= 11 is 0. The largest absolute Gasteiger partial charge is 0.361 e. The number of hydrogen-bond donors (Lipinski definition) is 2. The SMILES string of the molecule is NC(O)N1CCc2ccccc21. The summed E-state index contributed by atoms with van der Waals surface area (Å²) in [5.74, 6) is 0. The van der Waals surface area contributed by atoms with E-state index in [-0.39, 0.29) is 0 Å². The third-order valence-electron chi connectivity index (χ3n) is 2.24. The molecule has 0 bridgehead atoms. The Balaban J connectivity index is 2.36. The van der Waals surface area contributed by atoms with E-state index in [1.54, 1.807) is 4.90 Å². The monoisotopic (exact) mass is 164 g/mol. The fourth-order valence-corrected chi connectivity index (χ4v) is 1.64. The van der Waals surface area contributed by atoms with Crippen LogP contribution >= 0.6 is 0 Å². The van der Waals surface area contributed by atoms with Crippen molar-refractivity contribution >= 4 is 5.69 Å². The van der Waals surface area contributed by atoms with Crippen LogP contribution in [0.2, 0.25) is 0 Å². The lowest BCUT2D eigenvalue weighted by molar-refractivity contribution is 0.178. The fraction of sp³-hybridized carbons (Fsp3) is 0.333. The standard InChI is InChI=1S/C9H12N2O/c10-9(12)11-6-5-7-3-1-2-4-8(7)11/h1-4,9,12H,5-6,10H2. The number of aliphatic hydroxyl groups is 1. The van der Waals surface area contributed by atoms with E-state index in [0.29, 0.717) is 0 Å². The van der Waals surface area contributed by atoms with Crippen molar-refractivity contribution in [2.45, 2.75) is 12.8 Å². The van der Waals surface area contributed by atoms with E-state index in [1.807, 2.05) is 18.2 Å². The van der Waals surface area contributed by atoms with Gasteiger partial charge in [0.05, 0.1) is 0 Å². The van der Waals surface area contributed by atoms with Crippen LogP contribution in [0, 0.1) is 0 Å². The van der Waals surface area contributed by atoms with Gasteiger partial charge < -0.3 is 10.0 Å². The molecule has 0 fully saturated rings. The number of aliphatic hydroxyl groups excluding tert-OH is 1. The number of benzene rings is 1. The van der Waals surface area contributed by atoms with Gasteiger partial charge in [0.15, 0.2) is 6.35 Å². The van der Waals surface area contributed by atoms with Crippen LogP contribution < -0.4 is 10.6 Å². The average Bonchev–Trinajstić information content (AvgIpc) is 2.47. The second-order valence-corrected chi connectivity index (χ2v) is 2.99. The Bertz CT molecular complexity index is 286. The summed E-state index contributed by atoms with van der Waals surface area (Å²) in [5, 5.41) is 9.20. The van der Waals surface area contributed by atoms with Gasteiger partial charge >= 0.3 is 0 Å². The molecule has 0 aromatic heterocycles. The highest BCUT2D eigenvalue weighted by Gasteiger charge is 2.21. The van der Waals surface area contributed by atoms with Gasteiger partial charge in [-0.1, -0.05) is 18.2 Å². The van der Waals surface area contributed by atoms with Crippen LogP contribution in [0.15, 0.2) is 24.3 Å². The Labute approximate surface area is 71.4 Å². The normalized spacial score (nSPS) is 17.7. The molecule has 1 aromatic rings. The van der Waals surface area contributed by atoms with Crippen LogP contribution in [0.25, 0.3) is 0 Å². The lowest BCUT2D eigenvalue weighted by atomic mass is 10.2. The molecule has 1 aliphatic rings. The molecule has 1 aliphatic heterocycles. The zero-order chi connectivity index (χ0) is 8.55. The van der Waals surface area contributed by atoms with Gasteiger partial charge in [0, 0.05) is 12.2 Å². The van der Waals surface area contributed by atoms with Crippen LogP contribution in [0.5, 0.6) is 0 Å². The maximum atomic E-state index is 9.20. The van der Waals surface area contributed by atoms with Gasteiger partial charge in [-0.25, -0.2) is 0 Å². The second-order valence-electron chi connectivity index (χ2n) is 2.99. The van der Waals surface area contributed by atoms with Crippen LogP contribution in [-0.4, -0.2) is 18.0 Å². The third-order valence-corrected chi connectivity index (χ3v) is 2.24. The third kappa shape index (κ3) is 1.07. The highest BCUT2D eigenvalue weighted by atomic mass is 16.3. The molecule has 0 radical (unpaired) electrons. The van der Waals surface area contributed by atoms with E-state index >= 15 is 0 Å². The minimum atomic E-state index is -0.867. The minimum Gasteiger partial charge on any atom is -0.361 e. The Morgan fingerprint density at radius 3 is 2.92 bits per heavy atom. The van der Waals surface area contributed by atoms with Crippen LogP contribution in [0.4, 0.5) is 5.69 Å². The van der Waals surface area contributed by atoms with Crippen molar-refractivity contribution in [3.8, 4) is 0 Å². The number of nitrogens with two attached hydrogens (primary N) is 1. The van der Waals surface area contributed by atoms with Crippen molar-refractivity contribution in [1.29, 1.82) is 0 Å². The molecule has 3 nitrogen and oxygen atoms in total. The number of anilines is 1. The molecular weight excluding hydrogens is 152 g/mol. The first kappa shape index (κ1) is 7.58. The highest BCUT2D eigenvalue weighted by Crippen LogP contribution is 2.27. The van der Waals surface area contributed by atoms with Crippen LogP contribution in [0.3, 0.4) is 0 Å². The first-order chi connectivity index (χ1) is 5.79.